The second kappa shape index (κ2) is 8.32. The number of hydrogen-bond donors (Lipinski definition) is 3. The molecular weight excluding hydrogens is 276 g/mol. The molecule has 4 heteroatoms. The van der Waals surface area contributed by atoms with Crippen molar-refractivity contribution in [3.63, 3.8) is 0 Å². The highest BCUT2D eigenvalue weighted by atomic mass is 16.3. The Morgan fingerprint density at radius 1 is 1.00 bits per heavy atom. The largest absolute Gasteiger partial charge is 0.394 e. The average Bonchev–Trinajstić information content (AvgIpc) is 2.57. The zero-order valence-corrected chi connectivity index (χ0v) is 12.7. The second-order valence-corrected chi connectivity index (χ2v) is 5.05. The van der Waals surface area contributed by atoms with Gasteiger partial charge in [-0.05, 0) is 18.1 Å². The number of amides is 1. The summed E-state index contributed by atoms with van der Waals surface area (Å²) in [7, 11) is 0. The number of aliphatic hydroxyl groups excluding tert-OH is 1. The van der Waals surface area contributed by atoms with E-state index in [-0.39, 0.29) is 18.6 Å². The molecule has 2 aromatic rings. The minimum absolute atomic E-state index is 0.151. The number of carbonyl (C=O) groups excluding carboxylic acids is 1. The molecule has 22 heavy (non-hydrogen) atoms. The molecule has 0 unspecified atom stereocenters. The van der Waals surface area contributed by atoms with Gasteiger partial charge in [-0.3, -0.25) is 10.1 Å². The Kier molecular flexibility index (Phi) is 6.13. The van der Waals surface area contributed by atoms with Crippen LogP contribution in [0.2, 0.25) is 0 Å². The third-order valence-electron chi connectivity index (χ3n) is 3.48. The predicted octanol–water partition coefficient (Wildman–Crippen LogP) is 1.86. The van der Waals surface area contributed by atoms with Gasteiger partial charge in [-0.15, -0.1) is 0 Å². The lowest BCUT2D eigenvalue weighted by Gasteiger charge is -2.25. The maximum absolute atomic E-state index is 12.0. The molecule has 4 nitrogen and oxygen atoms in total. The zero-order chi connectivity index (χ0) is 15.8. The monoisotopic (exact) mass is 298 g/mol. The van der Waals surface area contributed by atoms with Gasteiger partial charge in [0.2, 0.25) is 5.91 Å². The number of carbonyl (C=O) groups is 1. The molecule has 0 aliphatic carbocycles. The van der Waals surface area contributed by atoms with E-state index >= 15 is 0 Å². The molecule has 1 amide bonds. The molecule has 0 aliphatic rings. The summed E-state index contributed by atoms with van der Waals surface area (Å²) < 4.78 is 0. The van der Waals surface area contributed by atoms with Crippen molar-refractivity contribution in [2.75, 3.05) is 13.2 Å². The molecule has 0 bridgehead atoms. The van der Waals surface area contributed by atoms with Gasteiger partial charge < -0.3 is 10.4 Å². The van der Waals surface area contributed by atoms with E-state index in [2.05, 4.69) is 10.6 Å². The summed E-state index contributed by atoms with van der Waals surface area (Å²) in [5, 5.41) is 15.5. The van der Waals surface area contributed by atoms with Crippen LogP contribution in [0.5, 0.6) is 0 Å². The van der Waals surface area contributed by atoms with Gasteiger partial charge in [0.15, 0.2) is 0 Å². The standard InChI is InChI=1S/C18H22N2O2/c1-2-19-18(22)16(13-21)20-17(14-9-5-3-6-10-14)15-11-7-4-8-12-15/h3-12,16-17,20-21H,2,13H2,1H3,(H,19,22)/t16-/m1/s1. The predicted molar refractivity (Wildman–Crippen MR) is 87.4 cm³/mol. The summed E-state index contributed by atoms with van der Waals surface area (Å²) >= 11 is 0. The van der Waals surface area contributed by atoms with E-state index in [0.29, 0.717) is 6.54 Å². The van der Waals surface area contributed by atoms with Crippen LogP contribution in [0.4, 0.5) is 0 Å². The molecule has 0 radical (unpaired) electrons. The normalized spacial score (nSPS) is 12.1. The van der Waals surface area contributed by atoms with Crippen LogP contribution in [0, 0.1) is 0 Å². The van der Waals surface area contributed by atoms with Crippen LogP contribution in [0.3, 0.4) is 0 Å². The van der Waals surface area contributed by atoms with Gasteiger partial charge in [0.05, 0.1) is 12.6 Å². The number of rotatable bonds is 7. The molecule has 0 saturated heterocycles. The molecule has 0 aromatic heterocycles. The van der Waals surface area contributed by atoms with Crippen LogP contribution in [0.15, 0.2) is 60.7 Å². The molecule has 0 heterocycles. The van der Waals surface area contributed by atoms with Crippen molar-refractivity contribution in [1.29, 1.82) is 0 Å². The minimum Gasteiger partial charge on any atom is -0.394 e. The number of hydrogen-bond acceptors (Lipinski definition) is 3. The highest BCUT2D eigenvalue weighted by molar-refractivity contribution is 5.81. The average molecular weight is 298 g/mol. The number of benzene rings is 2. The SMILES string of the molecule is CCNC(=O)[C@@H](CO)NC(c1ccccc1)c1ccccc1. The fourth-order valence-electron chi connectivity index (χ4n) is 2.39. The summed E-state index contributed by atoms with van der Waals surface area (Å²) in [6, 6.07) is 19.0. The Hall–Kier alpha value is -2.17. The summed E-state index contributed by atoms with van der Waals surface area (Å²) in [5.41, 5.74) is 2.10. The molecule has 0 saturated carbocycles. The van der Waals surface area contributed by atoms with Crippen LogP contribution in [0.25, 0.3) is 0 Å². The molecular formula is C18H22N2O2. The summed E-state index contributed by atoms with van der Waals surface area (Å²) in [5.74, 6) is -0.193. The van der Waals surface area contributed by atoms with E-state index in [0.717, 1.165) is 11.1 Å². The van der Waals surface area contributed by atoms with E-state index in [1.165, 1.54) is 0 Å². The zero-order valence-electron chi connectivity index (χ0n) is 12.7. The van der Waals surface area contributed by atoms with Crippen molar-refractivity contribution in [2.45, 2.75) is 19.0 Å². The van der Waals surface area contributed by atoms with Crippen LogP contribution >= 0.6 is 0 Å². The van der Waals surface area contributed by atoms with Crippen LogP contribution in [0.1, 0.15) is 24.1 Å². The highest BCUT2D eigenvalue weighted by Gasteiger charge is 2.22. The lowest BCUT2D eigenvalue weighted by Crippen LogP contribution is -2.48. The summed E-state index contributed by atoms with van der Waals surface area (Å²) in [4.78, 5) is 12.0. The maximum Gasteiger partial charge on any atom is 0.239 e. The lowest BCUT2D eigenvalue weighted by molar-refractivity contribution is -0.124. The van der Waals surface area contributed by atoms with Crippen molar-refractivity contribution in [3.8, 4) is 0 Å². The molecule has 3 N–H and O–H groups in total. The Balaban J connectivity index is 2.27. The molecule has 2 rings (SSSR count). The van der Waals surface area contributed by atoms with E-state index in [4.69, 9.17) is 0 Å². The van der Waals surface area contributed by atoms with Crippen molar-refractivity contribution >= 4 is 5.91 Å². The molecule has 0 aliphatic heterocycles. The van der Waals surface area contributed by atoms with Gasteiger partial charge in [0.1, 0.15) is 6.04 Å². The molecule has 116 valence electrons. The molecule has 1 atom stereocenters. The first-order valence-electron chi connectivity index (χ1n) is 7.50. The second-order valence-electron chi connectivity index (χ2n) is 5.05. The first-order chi connectivity index (χ1) is 10.8. The number of likely N-dealkylation sites (N-methyl/N-ethyl adjacent to an activating group) is 1. The Bertz CT molecular complexity index is 533. The number of aliphatic hydroxyl groups is 1. The molecule has 2 aromatic carbocycles. The fourth-order valence-corrected chi connectivity index (χ4v) is 2.39. The maximum atomic E-state index is 12.0. The van der Waals surface area contributed by atoms with Gasteiger partial charge in [0.25, 0.3) is 0 Å². The van der Waals surface area contributed by atoms with Crippen LogP contribution in [-0.4, -0.2) is 30.2 Å². The summed E-state index contributed by atoms with van der Waals surface area (Å²) in [6.45, 7) is 2.15. The lowest BCUT2D eigenvalue weighted by atomic mass is 9.98. The van der Waals surface area contributed by atoms with Crippen LogP contribution in [-0.2, 0) is 4.79 Å². The van der Waals surface area contributed by atoms with Gasteiger partial charge >= 0.3 is 0 Å². The van der Waals surface area contributed by atoms with E-state index in [1.54, 1.807) is 0 Å². The van der Waals surface area contributed by atoms with Gasteiger partial charge in [-0.2, -0.15) is 0 Å². The molecule has 0 fully saturated rings. The smallest absolute Gasteiger partial charge is 0.239 e. The quantitative estimate of drug-likeness (QED) is 0.731. The van der Waals surface area contributed by atoms with Crippen molar-refractivity contribution in [1.82, 2.24) is 10.6 Å². The van der Waals surface area contributed by atoms with Gasteiger partial charge in [0, 0.05) is 6.54 Å². The Morgan fingerprint density at radius 3 is 1.91 bits per heavy atom. The highest BCUT2D eigenvalue weighted by Crippen LogP contribution is 2.22. The topological polar surface area (TPSA) is 61.4 Å². The fraction of sp³-hybridized carbons (Fsp3) is 0.278. The third-order valence-corrected chi connectivity index (χ3v) is 3.48. The van der Waals surface area contributed by atoms with Gasteiger partial charge in [-0.25, -0.2) is 0 Å². The molecule has 0 spiro atoms. The summed E-state index contributed by atoms with van der Waals surface area (Å²) in [6.07, 6.45) is 0. The Labute approximate surface area is 131 Å². The van der Waals surface area contributed by atoms with Crippen molar-refractivity contribution in [2.24, 2.45) is 0 Å². The van der Waals surface area contributed by atoms with E-state index in [1.807, 2.05) is 67.6 Å². The first kappa shape index (κ1) is 16.2. The third kappa shape index (κ3) is 4.16. The van der Waals surface area contributed by atoms with Crippen molar-refractivity contribution in [3.05, 3.63) is 71.8 Å². The number of nitrogens with one attached hydrogen (secondary N) is 2. The van der Waals surface area contributed by atoms with E-state index < -0.39 is 6.04 Å². The van der Waals surface area contributed by atoms with Crippen molar-refractivity contribution < 1.29 is 9.90 Å². The first-order valence-corrected chi connectivity index (χ1v) is 7.50. The Morgan fingerprint density at radius 2 is 1.50 bits per heavy atom. The minimum atomic E-state index is -0.648. The van der Waals surface area contributed by atoms with Crippen LogP contribution < -0.4 is 10.6 Å². The van der Waals surface area contributed by atoms with Gasteiger partial charge in [-0.1, -0.05) is 60.7 Å². The van der Waals surface area contributed by atoms with E-state index in [9.17, 15) is 9.90 Å².